The maximum absolute atomic E-state index is 13.6. The molecule has 224 valence electrons. The number of hydrogen-bond acceptors (Lipinski definition) is 8. The number of methoxy groups -OCH3 is 2. The molecule has 0 radical (unpaired) electrons. The van der Waals surface area contributed by atoms with E-state index in [0.29, 0.717) is 70.3 Å². The van der Waals surface area contributed by atoms with E-state index in [-0.39, 0.29) is 22.6 Å². The number of carboxylic acids is 1. The van der Waals surface area contributed by atoms with Crippen LogP contribution in [0.4, 0.5) is 0 Å². The summed E-state index contributed by atoms with van der Waals surface area (Å²) in [5.41, 5.74) is 9.34. The number of carbonyl (C=O) groups excluding carboxylic acids is 2. The lowest BCUT2D eigenvalue weighted by molar-refractivity contribution is 0.0691. The van der Waals surface area contributed by atoms with Crippen molar-refractivity contribution >= 4 is 17.8 Å². The lowest BCUT2D eigenvalue weighted by Gasteiger charge is -2.22. The number of esters is 1. The normalized spacial score (nSPS) is 10.7. The summed E-state index contributed by atoms with van der Waals surface area (Å²) in [6.07, 6.45) is 0.577. The second kappa shape index (κ2) is 13.3. The zero-order chi connectivity index (χ0) is 31.3. The minimum Gasteiger partial charge on any atom is -0.495 e. The fourth-order valence-corrected chi connectivity index (χ4v) is 4.87. The first kappa shape index (κ1) is 31.8. The van der Waals surface area contributed by atoms with Gasteiger partial charge in [-0.25, -0.2) is 9.59 Å². The lowest BCUT2D eigenvalue weighted by atomic mass is 9.96. The number of hydrogen-bond donors (Lipinski definition) is 2. The summed E-state index contributed by atoms with van der Waals surface area (Å²) in [6, 6.07) is 6.58. The highest BCUT2D eigenvalue weighted by Crippen LogP contribution is 2.41. The van der Waals surface area contributed by atoms with Crippen molar-refractivity contribution in [1.29, 1.82) is 0 Å². The molecule has 0 bridgehead atoms. The Kier molecular flexibility index (Phi) is 10.1. The van der Waals surface area contributed by atoms with Crippen LogP contribution in [-0.4, -0.2) is 50.4 Å². The maximum atomic E-state index is 13.6. The number of ether oxygens (including phenoxy) is 5. The molecule has 1 amide bonds. The van der Waals surface area contributed by atoms with Crippen molar-refractivity contribution in [3.63, 3.8) is 0 Å². The van der Waals surface area contributed by atoms with Crippen LogP contribution in [0.25, 0.3) is 0 Å². The molecule has 3 aromatic carbocycles. The first-order valence-corrected chi connectivity index (χ1v) is 13.3. The Hall–Kier alpha value is -4.73. The molecule has 0 aliphatic rings. The Balaban J connectivity index is 1.82. The van der Waals surface area contributed by atoms with Crippen molar-refractivity contribution in [3.8, 4) is 28.7 Å². The van der Waals surface area contributed by atoms with E-state index in [2.05, 4.69) is 0 Å². The molecule has 0 atom stereocenters. The summed E-state index contributed by atoms with van der Waals surface area (Å²) in [4.78, 5) is 36.7. The van der Waals surface area contributed by atoms with E-state index in [1.807, 2.05) is 6.92 Å². The van der Waals surface area contributed by atoms with Gasteiger partial charge >= 0.3 is 11.9 Å². The van der Waals surface area contributed by atoms with Gasteiger partial charge in [0.15, 0.2) is 0 Å². The SMILES string of the molecule is COc1c(C)c(OC(=O)c2c(C)c(C)c(OCCCOc3ccc(C(N)=O)cc3)c(C)c2OC)c(C)c(C)c1C(=O)O. The molecule has 10 nitrogen and oxygen atoms in total. The number of aromatic carboxylic acids is 1. The molecule has 0 spiro atoms. The van der Waals surface area contributed by atoms with Crippen LogP contribution in [0, 0.1) is 41.5 Å². The number of carbonyl (C=O) groups is 3. The predicted octanol–water partition coefficient (Wildman–Crippen LogP) is 5.42. The van der Waals surface area contributed by atoms with E-state index >= 15 is 0 Å². The van der Waals surface area contributed by atoms with Crippen LogP contribution in [0.3, 0.4) is 0 Å². The Bertz CT molecular complexity index is 1520. The summed E-state index contributed by atoms with van der Waals surface area (Å²) in [5.74, 6) is -0.357. The van der Waals surface area contributed by atoms with Crippen LogP contribution in [0.5, 0.6) is 28.7 Å². The van der Waals surface area contributed by atoms with E-state index in [4.69, 9.17) is 29.4 Å². The molecule has 0 aromatic heterocycles. The van der Waals surface area contributed by atoms with Crippen LogP contribution in [-0.2, 0) is 0 Å². The van der Waals surface area contributed by atoms with Gasteiger partial charge in [0.1, 0.15) is 39.9 Å². The van der Waals surface area contributed by atoms with Crippen molar-refractivity contribution in [3.05, 3.63) is 74.3 Å². The lowest BCUT2D eigenvalue weighted by Crippen LogP contribution is -2.17. The van der Waals surface area contributed by atoms with Gasteiger partial charge in [-0.1, -0.05) is 0 Å². The largest absolute Gasteiger partial charge is 0.495 e. The summed E-state index contributed by atoms with van der Waals surface area (Å²) in [7, 11) is 2.85. The molecule has 3 aromatic rings. The second-order valence-corrected chi connectivity index (χ2v) is 9.86. The van der Waals surface area contributed by atoms with Crippen molar-refractivity contribution < 1.29 is 43.2 Å². The van der Waals surface area contributed by atoms with Crippen molar-refractivity contribution in [1.82, 2.24) is 0 Å². The van der Waals surface area contributed by atoms with Crippen molar-refractivity contribution in [2.45, 2.75) is 48.0 Å². The van der Waals surface area contributed by atoms with Crippen LogP contribution < -0.4 is 29.4 Å². The smallest absolute Gasteiger partial charge is 0.347 e. The Morgan fingerprint density at radius 2 is 1.17 bits per heavy atom. The third kappa shape index (κ3) is 6.27. The van der Waals surface area contributed by atoms with Crippen LogP contribution in [0.2, 0.25) is 0 Å². The molecule has 10 heteroatoms. The Labute approximate surface area is 245 Å². The monoisotopic (exact) mass is 579 g/mol. The highest BCUT2D eigenvalue weighted by molar-refractivity contribution is 5.99. The topological polar surface area (TPSA) is 144 Å². The minimum absolute atomic E-state index is 0.0284. The first-order valence-electron chi connectivity index (χ1n) is 13.3. The molecule has 0 heterocycles. The third-order valence-electron chi connectivity index (χ3n) is 7.34. The molecule has 3 N–H and O–H groups in total. The number of nitrogens with two attached hydrogens (primary N) is 1. The molecule has 0 saturated carbocycles. The predicted molar refractivity (Wildman–Crippen MR) is 157 cm³/mol. The summed E-state index contributed by atoms with van der Waals surface area (Å²) < 4.78 is 28.8. The van der Waals surface area contributed by atoms with E-state index in [1.54, 1.807) is 58.9 Å². The van der Waals surface area contributed by atoms with Gasteiger partial charge in [-0.15, -0.1) is 0 Å². The van der Waals surface area contributed by atoms with E-state index in [1.165, 1.54) is 14.2 Å². The second-order valence-electron chi connectivity index (χ2n) is 9.86. The van der Waals surface area contributed by atoms with E-state index in [9.17, 15) is 19.5 Å². The fourth-order valence-electron chi connectivity index (χ4n) is 4.87. The number of carboxylic acid groups (broad SMARTS) is 1. The minimum atomic E-state index is -1.13. The Morgan fingerprint density at radius 3 is 1.71 bits per heavy atom. The van der Waals surface area contributed by atoms with Crippen molar-refractivity contribution in [2.24, 2.45) is 5.73 Å². The van der Waals surface area contributed by atoms with Gasteiger partial charge in [0, 0.05) is 23.1 Å². The molecule has 42 heavy (non-hydrogen) atoms. The molecule has 0 saturated heterocycles. The quantitative estimate of drug-likeness (QED) is 0.163. The number of rotatable bonds is 12. The van der Waals surface area contributed by atoms with E-state index < -0.39 is 17.8 Å². The van der Waals surface area contributed by atoms with Crippen LogP contribution in [0.15, 0.2) is 24.3 Å². The number of primary amides is 1. The molecule has 3 rings (SSSR count). The van der Waals surface area contributed by atoms with Gasteiger partial charge in [-0.3, -0.25) is 4.79 Å². The third-order valence-corrected chi connectivity index (χ3v) is 7.34. The van der Waals surface area contributed by atoms with E-state index in [0.717, 1.165) is 5.56 Å². The standard InChI is InChI=1S/C32H37NO9/c1-16-19(4)27(21(6)28(38-7)24(16)31(35)36)42-32(37)25-17(2)18(3)26(20(5)29(25)39-8)41-15-9-14-40-23-12-10-22(11-13-23)30(33)34/h10-13H,9,14-15H2,1-8H3,(H2,33,34)(H,35,36). The molecular formula is C32H37NO9. The van der Waals surface area contributed by atoms with Crippen LogP contribution >= 0.6 is 0 Å². The highest BCUT2D eigenvalue weighted by atomic mass is 16.5. The summed E-state index contributed by atoms with van der Waals surface area (Å²) >= 11 is 0. The van der Waals surface area contributed by atoms with Gasteiger partial charge in [0.25, 0.3) is 0 Å². The number of amides is 1. The molecule has 0 fully saturated rings. The zero-order valence-corrected chi connectivity index (χ0v) is 25.2. The van der Waals surface area contributed by atoms with Gasteiger partial charge in [-0.2, -0.15) is 0 Å². The highest BCUT2D eigenvalue weighted by Gasteiger charge is 2.29. The maximum Gasteiger partial charge on any atom is 0.347 e. The van der Waals surface area contributed by atoms with Gasteiger partial charge < -0.3 is 34.5 Å². The average Bonchev–Trinajstić information content (AvgIpc) is 2.95. The Morgan fingerprint density at radius 1 is 0.667 bits per heavy atom. The molecule has 0 unspecified atom stereocenters. The first-order chi connectivity index (χ1) is 19.8. The summed E-state index contributed by atoms with van der Waals surface area (Å²) in [5, 5.41) is 9.70. The van der Waals surface area contributed by atoms with Gasteiger partial charge in [0.2, 0.25) is 5.91 Å². The molecular weight excluding hydrogens is 542 g/mol. The number of benzene rings is 3. The average molecular weight is 580 g/mol. The van der Waals surface area contributed by atoms with Crippen LogP contribution in [0.1, 0.15) is 70.9 Å². The molecule has 0 aliphatic carbocycles. The zero-order valence-electron chi connectivity index (χ0n) is 25.2. The van der Waals surface area contributed by atoms with Crippen molar-refractivity contribution in [2.75, 3.05) is 27.4 Å². The van der Waals surface area contributed by atoms with Gasteiger partial charge in [-0.05, 0) is 88.1 Å². The summed E-state index contributed by atoms with van der Waals surface area (Å²) in [6.45, 7) is 11.2. The molecule has 0 aliphatic heterocycles. The van der Waals surface area contributed by atoms with Gasteiger partial charge in [0.05, 0.1) is 27.4 Å². The fraction of sp³-hybridized carbons (Fsp3) is 0.344.